The van der Waals surface area contributed by atoms with Gasteiger partial charge in [0, 0.05) is 9.97 Å². The van der Waals surface area contributed by atoms with Crippen LogP contribution < -0.4 is 5.32 Å². The first-order chi connectivity index (χ1) is 7.70. The number of alkyl halides is 1. The summed E-state index contributed by atoms with van der Waals surface area (Å²) in [6, 6.07) is 0.255. The number of halogens is 1. The quantitative estimate of drug-likeness (QED) is 0.454. The van der Waals surface area contributed by atoms with E-state index in [4.69, 9.17) is 0 Å². The molecule has 0 aromatic heterocycles. The number of hydrogen-bond donors (Lipinski definition) is 1. The van der Waals surface area contributed by atoms with Crippen LogP contribution in [0.4, 0.5) is 4.79 Å². The Kier molecular flexibility index (Phi) is 4.10. The summed E-state index contributed by atoms with van der Waals surface area (Å²) >= 11 is 2.45. The fraction of sp³-hybridized carbons (Fsp3) is 0.750. The van der Waals surface area contributed by atoms with E-state index in [1.807, 2.05) is 0 Å². The molecule has 1 N–H and O–H groups in total. The normalized spacial score (nSPS) is 29.6. The van der Waals surface area contributed by atoms with Crippen LogP contribution in [0.1, 0.15) is 38.5 Å². The number of hydrogen-bond acceptors (Lipinski definition) is 2. The van der Waals surface area contributed by atoms with Crippen molar-refractivity contribution in [2.75, 3.05) is 7.11 Å². The number of rotatable bonds is 1. The molecule has 90 valence electrons. The lowest BCUT2D eigenvalue weighted by molar-refractivity contribution is 0.166. The van der Waals surface area contributed by atoms with E-state index < -0.39 is 0 Å². The van der Waals surface area contributed by atoms with E-state index in [-0.39, 0.29) is 12.1 Å². The van der Waals surface area contributed by atoms with Gasteiger partial charge in [-0.05, 0) is 38.5 Å². The average Bonchev–Trinajstić information content (AvgIpc) is 2.30. The second-order valence-corrected chi connectivity index (χ2v) is 6.18. The first kappa shape index (κ1) is 12.2. The number of allylic oxidation sites excluding steroid dienone is 1. The molecular weight excluding hydrogens is 317 g/mol. The predicted octanol–water partition coefficient (Wildman–Crippen LogP) is 3.18. The summed E-state index contributed by atoms with van der Waals surface area (Å²) in [5.41, 5.74) is 3.26. The van der Waals surface area contributed by atoms with Gasteiger partial charge in [0.05, 0.1) is 7.11 Å². The highest BCUT2D eigenvalue weighted by Crippen LogP contribution is 2.38. The average molecular weight is 335 g/mol. The van der Waals surface area contributed by atoms with Crippen molar-refractivity contribution in [1.82, 2.24) is 5.32 Å². The molecule has 2 aliphatic carbocycles. The van der Waals surface area contributed by atoms with E-state index in [2.05, 4.69) is 32.6 Å². The minimum atomic E-state index is -0.300. The van der Waals surface area contributed by atoms with E-state index in [9.17, 15) is 4.79 Å². The highest BCUT2D eigenvalue weighted by Gasteiger charge is 2.30. The zero-order chi connectivity index (χ0) is 11.5. The van der Waals surface area contributed by atoms with Gasteiger partial charge in [-0.1, -0.05) is 33.7 Å². The first-order valence-corrected chi connectivity index (χ1v) is 7.13. The standard InChI is InChI=1S/C12H18INO2/c1-16-12(15)14-11-7-9-5-3-2-4-8(9)6-10(11)13/h10-11H,2-7H2,1H3,(H,14,15)/t10-,11-/m0/s1. The van der Waals surface area contributed by atoms with Crippen molar-refractivity contribution in [3.8, 4) is 0 Å². The van der Waals surface area contributed by atoms with Crippen molar-refractivity contribution in [2.24, 2.45) is 0 Å². The van der Waals surface area contributed by atoms with Gasteiger partial charge >= 0.3 is 6.09 Å². The Labute approximate surface area is 110 Å². The molecule has 0 saturated heterocycles. The minimum Gasteiger partial charge on any atom is -0.453 e. The molecule has 0 aromatic carbocycles. The molecule has 0 spiro atoms. The van der Waals surface area contributed by atoms with Crippen LogP contribution in [0.2, 0.25) is 0 Å². The van der Waals surface area contributed by atoms with Crippen molar-refractivity contribution in [3.05, 3.63) is 11.1 Å². The number of alkyl carbamates (subject to hydrolysis) is 1. The molecule has 2 aliphatic rings. The maximum absolute atomic E-state index is 11.2. The Morgan fingerprint density at radius 3 is 2.56 bits per heavy atom. The summed E-state index contributed by atoms with van der Waals surface area (Å²) < 4.78 is 5.18. The van der Waals surface area contributed by atoms with Gasteiger partial charge in [0.2, 0.25) is 0 Å². The fourth-order valence-electron chi connectivity index (χ4n) is 2.65. The molecule has 1 amide bonds. The van der Waals surface area contributed by atoms with E-state index in [1.165, 1.54) is 32.8 Å². The maximum atomic E-state index is 11.2. The molecular formula is C12H18INO2. The number of amides is 1. The van der Waals surface area contributed by atoms with Gasteiger partial charge < -0.3 is 10.1 Å². The lowest BCUT2D eigenvalue weighted by Gasteiger charge is -2.34. The van der Waals surface area contributed by atoms with Crippen LogP contribution in [0.15, 0.2) is 11.1 Å². The van der Waals surface area contributed by atoms with Crippen LogP contribution in [0.25, 0.3) is 0 Å². The van der Waals surface area contributed by atoms with Crippen LogP contribution in [0.3, 0.4) is 0 Å². The Morgan fingerprint density at radius 2 is 1.94 bits per heavy atom. The number of methoxy groups -OCH3 is 1. The highest BCUT2D eigenvalue weighted by atomic mass is 127. The zero-order valence-corrected chi connectivity index (χ0v) is 11.7. The monoisotopic (exact) mass is 335 g/mol. The first-order valence-electron chi connectivity index (χ1n) is 5.89. The Morgan fingerprint density at radius 1 is 1.31 bits per heavy atom. The van der Waals surface area contributed by atoms with Gasteiger partial charge in [-0.3, -0.25) is 0 Å². The van der Waals surface area contributed by atoms with Gasteiger partial charge in [-0.2, -0.15) is 0 Å². The Balaban J connectivity index is 2.02. The molecule has 0 heterocycles. The van der Waals surface area contributed by atoms with E-state index in [0.717, 1.165) is 12.8 Å². The van der Waals surface area contributed by atoms with Crippen LogP contribution in [0, 0.1) is 0 Å². The van der Waals surface area contributed by atoms with E-state index in [1.54, 1.807) is 11.1 Å². The summed E-state index contributed by atoms with van der Waals surface area (Å²) in [5.74, 6) is 0. The van der Waals surface area contributed by atoms with Gasteiger partial charge in [0.15, 0.2) is 0 Å². The van der Waals surface area contributed by atoms with Crippen LogP contribution in [-0.2, 0) is 4.74 Å². The van der Waals surface area contributed by atoms with Crippen LogP contribution in [0.5, 0.6) is 0 Å². The van der Waals surface area contributed by atoms with Gasteiger partial charge in [0.1, 0.15) is 0 Å². The fourth-order valence-corrected chi connectivity index (χ4v) is 3.61. The van der Waals surface area contributed by atoms with Gasteiger partial charge in [-0.25, -0.2) is 4.79 Å². The smallest absolute Gasteiger partial charge is 0.407 e. The van der Waals surface area contributed by atoms with Gasteiger partial charge in [0.25, 0.3) is 0 Å². The molecule has 0 saturated carbocycles. The second-order valence-electron chi connectivity index (χ2n) is 4.58. The van der Waals surface area contributed by atoms with Crippen molar-refractivity contribution >= 4 is 28.7 Å². The van der Waals surface area contributed by atoms with Gasteiger partial charge in [-0.15, -0.1) is 0 Å². The second kappa shape index (κ2) is 5.38. The number of carbonyl (C=O) groups excluding carboxylic acids is 1. The lowest BCUT2D eigenvalue weighted by atomic mass is 9.80. The molecule has 0 bridgehead atoms. The maximum Gasteiger partial charge on any atom is 0.407 e. The SMILES string of the molecule is COC(=O)N[C@H]1CC2=C(CCCC2)C[C@@H]1I. The molecule has 0 aromatic rings. The van der Waals surface area contributed by atoms with Crippen molar-refractivity contribution < 1.29 is 9.53 Å². The van der Waals surface area contributed by atoms with E-state index >= 15 is 0 Å². The third-order valence-corrected chi connectivity index (χ3v) is 4.85. The number of nitrogens with one attached hydrogen (secondary N) is 1. The molecule has 0 fully saturated rings. The van der Waals surface area contributed by atoms with E-state index in [0.29, 0.717) is 3.92 Å². The Hall–Kier alpha value is -0.260. The summed E-state index contributed by atoms with van der Waals surface area (Å²) in [6.45, 7) is 0. The Bertz CT molecular complexity index is 314. The third kappa shape index (κ3) is 2.70. The molecule has 0 unspecified atom stereocenters. The largest absolute Gasteiger partial charge is 0.453 e. The summed E-state index contributed by atoms with van der Waals surface area (Å²) in [4.78, 5) is 11.2. The molecule has 16 heavy (non-hydrogen) atoms. The minimum absolute atomic E-state index is 0.255. The van der Waals surface area contributed by atoms with Crippen LogP contribution >= 0.6 is 22.6 Å². The molecule has 0 aliphatic heterocycles. The molecule has 2 rings (SSSR count). The summed E-state index contributed by atoms with van der Waals surface area (Å²) in [7, 11) is 1.42. The molecule has 3 nitrogen and oxygen atoms in total. The van der Waals surface area contributed by atoms with Crippen molar-refractivity contribution in [3.63, 3.8) is 0 Å². The zero-order valence-electron chi connectivity index (χ0n) is 9.59. The molecule has 4 heteroatoms. The third-order valence-electron chi connectivity index (χ3n) is 3.54. The number of ether oxygens (including phenoxy) is 1. The predicted molar refractivity (Wildman–Crippen MR) is 71.9 cm³/mol. The molecule has 0 radical (unpaired) electrons. The van der Waals surface area contributed by atoms with Crippen molar-refractivity contribution in [1.29, 1.82) is 0 Å². The molecule has 2 atom stereocenters. The highest BCUT2D eigenvalue weighted by molar-refractivity contribution is 14.1. The lowest BCUT2D eigenvalue weighted by Crippen LogP contribution is -2.43. The van der Waals surface area contributed by atoms with Crippen molar-refractivity contribution in [2.45, 2.75) is 48.5 Å². The summed E-state index contributed by atoms with van der Waals surface area (Å²) in [5, 5.41) is 2.95. The summed E-state index contributed by atoms with van der Waals surface area (Å²) in [6.07, 6.45) is 7.04. The topological polar surface area (TPSA) is 38.3 Å². The number of carbonyl (C=O) groups is 1. The van der Waals surface area contributed by atoms with Crippen LogP contribution in [-0.4, -0.2) is 23.2 Å².